The minimum Gasteiger partial charge on any atom is -0.381 e. The standard InChI is InChI=1S/C19H31N3O2.2ClH/c1-3-22(4-2)14-16-7-5-6-15(12-16)13-21-19(23)18(20)17-8-10-24-11-9-17;;/h5-7,12,17-18H,3-4,8-11,13-14,20H2,1-2H3,(H,21,23);2*1H. The van der Waals surface area contributed by atoms with Crippen LogP contribution in [0.2, 0.25) is 0 Å². The topological polar surface area (TPSA) is 67.6 Å². The third-order valence-electron chi connectivity index (χ3n) is 4.84. The largest absolute Gasteiger partial charge is 0.381 e. The Morgan fingerprint density at radius 2 is 1.85 bits per heavy atom. The summed E-state index contributed by atoms with van der Waals surface area (Å²) in [6, 6.07) is 7.97. The van der Waals surface area contributed by atoms with Gasteiger partial charge >= 0.3 is 0 Å². The fraction of sp³-hybridized carbons (Fsp3) is 0.632. The molecule has 2 rings (SSSR count). The molecule has 0 aliphatic carbocycles. The first-order chi connectivity index (χ1) is 11.6. The molecule has 0 radical (unpaired) electrons. The summed E-state index contributed by atoms with van der Waals surface area (Å²) >= 11 is 0. The third kappa shape index (κ3) is 7.80. The lowest BCUT2D eigenvalue weighted by Gasteiger charge is -2.26. The van der Waals surface area contributed by atoms with Crippen molar-refractivity contribution in [1.29, 1.82) is 0 Å². The minimum absolute atomic E-state index is 0. The minimum atomic E-state index is -0.437. The molecule has 7 heteroatoms. The number of nitrogens with zero attached hydrogens (tertiary/aromatic N) is 1. The van der Waals surface area contributed by atoms with Crippen LogP contribution in [0.25, 0.3) is 0 Å². The zero-order valence-electron chi connectivity index (χ0n) is 15.8. The summed E-state index contributed by atoms with van der Waals surface area (Å²) in [6.07, 6.45) is 1.74. The van der Waals surface area contributed by atoms with E-state index in [1.54, 1.807) is 0 Å². The first-order valence-electron chi connectivity index (χ1n) is 9.05. The van der Waals surface area contributed by atoms with Crippen molar-refractivity contribution >= 4 is 30.7 Å². The summed E-state index contributed by atoms with van der Waals surface area (Å²) in [6.45, 7) is 9.31. The van der Waals surface area contributed by atoms with Crippen LogP contribution in [0.3, 0.4) is 0 Å². The molecule has 5 nitrogen and oxygen atoms in total. The molecule has 1 atom stereocenters. The van der Waals surface area contributed by atoms with Crippen LogP contribution < -0.4 is 11.1 Å². The number of amides is 1. The Balaban J connectivity index is 0.00000312. The number of benzene rings is 1. The van der Waals surface area contributed by atoms with Gasteiger partial charge in [-0.15, -0.1) is 24.8 Å². The maximum atomic E-state index is 12.3. The Hall–Kier alpha value is -0.850. The molecular formula is C19H33Cl2N3O2. The van der Waals surface area contributed by atoms with Crippen LogP contribution in [-0.4, -0.2) is 43.2 Å². The van der Waals surface area contributed by atoms with Gasteiger partial charge in [0.1, 0.15) is 0 Å². The first-order valence-corrected chi connectivity index (χ1v) is 9.05. The van der Waals surface area contributed by atoms with Crippen molar-refractivity contribution < 1.29 is 9.53 Å². The molecule has 0 saturated carbocycles. The molecule has 0 spiro atoms. The Bertz CT molecular complexity index is 521. The lowest BCUT2D eigenvalue weighted by atomic mass is 9.92. The highest BCUT2D eigenvalue weighted by Crippen LogP contribution is 2.17. The zero-order valence-corrected chi connectivity index (χ0v) is 17.4. The average Bonchev–Trinajstić information content (AvgIpc) is 2.64. The molecule has 1 amide bonds. The third-order valence-corrected chi connectivity index (χ3v) is 4.84. The van der Waals surface area contributed by atoms with Crippen molar-refractivity contribution in [3.8, 4) is 0 Å². The van der Waals surface area contributed by atoms with Gasteiger partial charge in [0.15, 0.2) is 0 Å². The highest BCUT2D eigenvalue weighted by atomic mass is 35.5. The number of hydrogen-bond donors (Lipinski definition) is 2. The highest BCUT2D eigenvalue weighted by Gasteiger charge is 2.26. The summed E-state index contributed by atoms with van der Waals surface area (Å²) in [5.41, 5.74) is 8.51. The molecule has 1 fully saturated rings. The van der Waals surface area contributed by atoms with E-state index in [-0.39, 0.29) is 36.6 Å². The Morgan fingerprint density at radius 3 is 2.46 bits per heavy atom. The number of carbonyl (C=O) groups excluding carboxylic acids is 1. The molecule has 3 N–H and O–H groups in total. The van der Waals surface area contributed by atoms with Gasteiger partial charge in [-0.25, -0.2) is 0 Å². The smallest absolute Gasteiger partial charge is 0.237 e. The molecule has 1 unspecified atom stereocenters. The van der Waals surface area contributed by atoms with Crippen molar-refractivity contribution in [3.05, 3.63) is 35.4 Å². The van der Waals surface area contributed by atoms with Crippen molar-refractivity contribution in [2.45, 2.75) is 45.8 Å². The summed E-state index contributed by atoms with van der Waals surface area (Å²) in [7, 11) is 0. The second-order valence-corrected chi connectivity index (χ2v) is 6.47. The van der Waals surface area contributed by atoms with E-state index in [0.717, 1.165) is 38.0 Å². The van der Waals surface area contributed by atoms with Gasteiger partial charge in [0.25, 0.3) is 0 Å². The van der Waals surface area contributed by atoms with E-state index in [0.29, 0.717) is 19.8 Å². The Labute approximate surface area is 169 Å². The second-order valence-electron chi connectivity index (χ2n) is 6.47. The fourth-order valence-corrected chi connectivity index (χ4v) is 3.14. The monoisotopic (exact) mass is 405 g/mol. The molecule has 1 saturated heterocycles. The molecule has 1 heterocycles. The van der Waals surface area contributed by atoms with Gasteiger partial charge in [0.05, 0.1) is 6.04 Å². The summed E-state index contributed by atoms with van der Waals surface area (Å²) < 4.78 is 5.33. The van der Waals surface area contributed by atoms with Gasteiger partial charge in [-0.05, 0) is 43.0 Å². The first kappa shape index (κ1) is 25.1. The molecule has 1 aliphatic heterocycles. The lowest BCUT2D eigenvalue weighted by Crippen LogP contribution is -2.46. The van der Waals surface area contributed by atoms with Gasteiger partial charge in [-0.3, -0.25) is 9.69 Å². The second kappa shape index (κ2) is 13.3. The van der Waals surface area contributed by atoms with Crippen LogP contribution in [-0.2, 0) is 22.6 Å². The molecule has 0 aromatic heterocycles. The maximum Gasteiger partial charge on any atom is 0.237 e. The number of rotatable bonds is 8. The van der Waals surface area contributed by atoms with Gasteiger partial charge in [0.2, 0.25) is 5.91 Å². The summed E-state index contributed by atoms with van der Waals surface area (Å²) in [5, 5.41) is 2.99. The van der Waals surface area contributed by atoms with E-state index in [4.69, 9.17) is 10.5 Å². The van der Waals surface area contributed by atoms with E-state index >= 15 is 0 Å². The molecule has 1 aromatic carbocycles. The van der Waals surface area contributed by atoms with Gasteiger partial charge in [-0.2, -0.15) is 0 Å². The molecule has 150 valence electrons. The van der Waals surface area contributed by atoms with Crippen molar-refractivity contribution in [2.24, 2.45) is 11.7 Å². The quantitative estimate of drug-likeness (QED) is 0.697. The predicted molar refractivity (Wildman–Crippen MR) is 111 cm³/mol. The van der Waals surface area contributed by atoms with Gasteiger partial charge in [0, 0.05) is 26.3 Å². The molecule has 26 heavy (non-hydrogen) atoms. The van der Waals surface area contributed by atoms with E-state index in [1.807, 2.05) is 6.07 Å². The SMILES string of the molecule is CCN(CC)Cc1cccc(CNC(=O)C(N)C2CCOCC2)c1.Cl.Cl. The number of ether oxygens (including phenoxy) is 1. The highest BCUT2D eigenvalue weighted by molar-refractivity contribution is 5.85. The number of hydrogen-bond acceptors (Lipinski definition) is 4. The van der Waals surface area contributed by atoms with Crippen LogP contribution in [0.5, 0.6) is 0 Å². The van der Waals surface area contributed by atoms with Crippen molar-refractivity contribution in [1.82, 2.24) is 10.2 Å². The van der Waals surface area contributed by atoms with E-state index < -0.39 is 6.04 Å². The average molecular weight is 406 g/mol. The van der Waals surface area contributed by atoms with Crippen molar-refractivity contribution in [2.75, 3.05) is 26.3 Å². The summed E-state index contributed by atoms with van der Waals surface area (Å²) in [5.74, 6) is 0.170. The predicted octanol–water partition coefficient (Wildman–Crippen LogP) is 2.74. The Morgan fingerprint density at radius 1 is 1.23 bits per heavy atom. The number of nitrogens with two attached hydrogens (primary N) is 1. The van der Waals surface area contributed by atoms with Crippen LogP contribution in [0.1, 0.15) is 37.8 Å². The molecule has 0 bridgehead atoms. The van der Waals surface area contributed by atoms with Crippen molar-refractivity contribution in [3.63, 3.8) is 0 Å². The van der Waals surface area contributed by atoms with Gasteiger partial charge in [-0.1, -0.05) is 38.1 Å². The van der Waals surface area contributed by atoms with Crippen LogP contribution in [0, 0.1) is 5.92 Å². The Kier molecular flexibility index (Phi) is 12.9. The lowest BCUT2D eigenvalue weighted by molar-refractivity contribution is -0.124. The normalized spacial score (nSPS) is 15.7. The zero-order chi connectivity index (χ0) is 17.4. The summed E-state index contributed by atoms with van der Waals surface area (Å²) in [4.78, 5) is 14.7. The number of carbonyl (C=O) groups is 1. The number of nitrogens with one attached hydrogen (secondary N) is 1. The maximum absolute atomic E-state index is 12.3. The van der Waals surface area contributed by atoms with E-state index in [9.17, 15) is 4.79 Å². The number of halogens is 2. The molecule has 1 aromatic rings. The fourth-order valence-electron chi connectivity index (χ4n) is 3.14. The van der Waals surface area contributed by atoms with Crippen LogP contribution >= 0.6 is 24.8 Å². The van der Waals surface area contributed by atoms with Crippen LogP contribution in [0.4, 0.5) is 0 Å². The van der Waals surface area contributed by atoms with E-state index in [2.05, 4.69) is 42.3 Å². The molecular weight excluding hydrogens is 373 g/mol. The molecule has 1 aliphatic rings. The van der Waals surface area contributed by atoms with Crippen LogP contribution in [0.15, 0.2) is 24.3 Å². The van der Waals surface area contributed by atoms with Gasteiger partial charge < -0.3 is 15.8 Å². The van der Waals surface area contributed by atoms with E-state index in [1.165, 1.54) is 5.56 Å².